The Hall–Kier alpha value is -0.750. The molecule has 0 rings (SSSR count). The van der Waals surface area contributed by atoms with E-state index in [2.05, 4.69) is 10.1 Å². The molecule has 0 spiro atoms. The van der Waals surface area contributed by atoms with Gasteiger partial charge in [0.1, 0.15) is 0 Å². The summed E-state index contributed by atoms with van der Waals surface area (Å²) in [4.78, 5) is 22.5. The van der Waals surface area contributed by atoms with Crippen LogP contribution in [-0.4, -0.2) is 43.1 Å². The van der Waals surface area contributed by atoms with E-state index in [0.717, 1.165) is 18.6 Å². The van der Waals surface area contributed by atoms with Crippen LogP contribution in [0.3, 0.4) is 0 Å². The van der Waals surface area contributed by atoms with Crippen molar-refractivity contribution in [2.75, 3.05) is 25.2 Å². The van der Waals surface area contributed by atoms with Gasteiger partial charge in [-0.25, -0.2) is 4.79 Å². The smallest absolute Gasteiger partial charge is 0.332 e. The lowest BCUT2D eigenvalue weighted by molar-refractivity contribution is -0.147. The van der Waals surface area contributed by atoms with Crippen LogP contribution >= 0.6 is 11.8 Å². The van der Waals surface area contributed by atoms with E-state index in [1.54, 1.807) is 18.7 Å². The highest BCUT2D eigenvalue weighted by Gasteiger charge is 2.22. The van der Waals surface area contributed by atoms with E-state index in [9.17, 15) is 9.59 Å². The summed E-state index contributed by atoms with van der Waals surface area (Å²) in [6.07, 6.45) is 3.97. The molecular weight excluding hydrogens is 228 g/mol. The zero-order valence-electron chi connectivity index (χ0n) is 9.82. The van der Waals surface area contributed by atoms with E-state index >= 15 is 0 Å². The highest BCUT2D eigenvalue weighted by Crippen LogP contribution is 1.97. The average Bonchev–Trinajstić information content (AvgIpc) is 2.27. The number of hydrogen-bond acceptors (Lipinski definition) is 5. The number of unbranched alkanes of at least 4 members (excludes halogenated alkanes) is 1. The van der Waals surface area contributed by atoms with E-state index in [1.807, 2.05) is 6.26 Å². The number of nitrogens with two attached hydrogens (primary N) is 1. The van der Waals surface area contributed by atoms with E-state index in [4.69, 9.17) is 5.73 Å². The zero-order valence-corrected chi connectivity index (χ0v) is 10.6. The molecule has 0 heterocycles. The summed E-state index contributed by atoms with van der Waals surface area (Å²) in [7, 11) is 0. The predicted molar refractivity (Wildman–Crippen MR) is 65.2 cm³/mol. The molecule has 1 unspecified atom stereocenters. The van der Waals surface area contributed by atoms with Gasteiger partial charge in [0.2, 0.25) is 5.91 Å². The molecule has 0 fully saturated rings. The van der Waals surface area contributed by atoms with Gasteiger partial charge in [-0.3, -0.25) is 4.79 Å². The summed E-state index contributed by atoms with van der Waals surface area (Å²) in [6, 6.07) is -1.21. The molecule has 0 aromatic carbocycles. The summed E-state index contributed by atoms with van der Waals surface area (Å²) < 4.78 is 4.64. The predicted octanol–water partition coefficient (Wildman–Crippen LogP) is 0.136. The maximum atomic E-state index is 11.3. The number of nitrogens with one attached hydrogen (secondary N) is 1. The van der Waals surface area contributed by atoms with Crippen molar-refractivity contribution in [2.24, 2.45) is 5.73 Å². The molecule has 3 N–H and O–H groups in total. The summed E-state index contributed by atoms with van der Waals surface area (Å²) in [5.41, 5.74) is 5.40. The Morgan fingerprint density at radius 2 is 2.12 bits per heavy atom. The minimum Gasteiger partial charge on any atom is -0.464 e. The van der Waals surface area contributed by atoms with Gasteiger partial charge in [0.25, 0.3) is 0 Å². The molecule has 0 aliphatic heterocycles. The zero-order chi connectivity index (χ0) is 12.4. The van der Waals surface area contributed by atoms with Crippen LogP contribution in [0.15, 0.2) is 0 Å². The number of carbonyl (C=O) groups excluding carboxylic acids is 2. The molecule has 5 nitrogen and oxygen atoms in total. The Bertz CT molecular complexity index is 224. The maximum absolute atomic E-state index is 11.3. The molecule has 1 amide bonds. The van der Waals surface area contributed by atoms with Crippen molar-refractivity contribution in [1.82, 2.24) is 5.32 Å². The largest absolute Gasteiger partial charge is 0.464 e. The summed E-state index contributed by atoms with van der Waals surface area (Å²) in [5, 5.41) is 2.61. The number of hydrogen-bond donors (Lipinski definition) is 2. The van der Waals surface area contributed by atoms with Crippen LogP contribution in [0, 0.1) is 0 Å². The first-order chi connectivity index (χ1) is 7.63. The monoisotopic (exact) mass is 248 g/mol. The van der Waals surface area contributed by atoms with Gasteiger partial charge in [-0.2, -0.15) is 11.8 Å². The molecule has 0 saturated heterocycles. The molecule has 6 heteroatoms. The number of rotatable bonds is 8. The fourth-order valence-corrected chi connectivity index (χ4v) is 1.52. The first kappa shape index (κ1) is 15.2. The number of esters is 1. The average molecular weight is 248 g/mol. The SMILES string of the molecule is CCOC(=O)C(N)C(=O)NCCCCSC. The Labute approximate surface area is 100 Å². The molecule has 0 aliphatic carbocycles. The lowest BCUT2D eigenvalue weighted by Crippen LogP contribution is -2.47. The second kappa shape index (κ2) is 9.47. The minimum atomic E-state index is -1.21. The Kier molecular flexibility index (Phi) is 9.03. The first-order valence-corrected chi connectivity index (χ1v) is 6.71. The lowest BCUT2D eigenvalue weighted by atomic mass is 10.3. The normalized spacial score (nSPS) is 11.9. The number of amides is 1. The number of carbonyl (C=O) groups is 2. The van der Waals surface area contributed by atoms with Crippen molar-refractivity contribution < 1.29 is 14.3 Å². The van der Waals surface area contributed by atoms with Crippen LogP contribution in [0.4, 0.5) is 0 Å². The van der Waals surface area contributed by atoms with Crippen molar-refractivity contribution in [2.45, 2.75) is 25.8 Å². The molecule has 0 radical (unpaired) electrons. The van der Waals surface area contributed by atoms with Crippen LogP contribution in [0.5, 0.6) is 0 Å². The number of ether oxygens (including phenoxy) is 1. The quantitative estimate of drug-likeness (QED) is 0.363. The van der Waals surface area contributed by atoms with E-state index in [0.29, 0.717) is 6.54 Å². The fourth-order valence-electron chi connectivity index (χ4n) is 1.03. The maximum Gasteiger partial charge on any atom is 0.332 e. The van der Waals surface area contributed by atoms with Gasteiger partial charge in [0.15, 0.2) is 6.04 Å². The van der Waals surface area contributed by atoms with E-state index in [1.165, 1.54) is 0 Å². The molecule has 0 aromatic heterocycles. The van der Waals surface area contributed by atoms with Crippen LogP contribution in [-0.2, 0) is 14.3 Å². The van der Waals surface area contributed by atoms with Crippen molar-refractivity contribution in [3.63, 3.8) is 0 Å². The summed E-state index contributed by atoms with van der Waals surface area (Å²) in [5.74, 6) is -0.0773. The van der Waals surface area contributed by atoms with Gasteiger partial charge in [-0.05, 0) is 31.8 Å². The second-order valence-corrected chi connectivity index (χ2v) is 4.21. The van der Waals surface area contributed by atoms with Gasteiger partial charge < -0.3 is 15.8 Å². The molecule has 0 bridgehead atoms. The fraction of sp³-hybridized carbons (Fsp3) is 0.800. The lowest BCUT2D eigenvalue weighted by Gasteiger charge is -2.10. The minimum absolute atomic E-state index is 0.230. The third kappa shape index (κ3) is 6.68. The van der Waals surface area contributed by atoms with Crippen LogP contribution in [0.2, 0.25) is 0 Å². The number of thioether (sulfide) groups is 1. The third-order valence-electron chi connectivity index (χ3n) is 1.90. The highest BCUT2D eigenvalue weighted by atomic mass is 32.2. The Morgan fingerprint density at radius 3 is 2.69 bits per heavy atom. The molecule has 1 atom stereocenters. The third-order valence-corrected chi connectivity index (χ3v) is 2.59. The molecule has 0 aromatic rings. The van der Waals surface area contributed by atoms with Gasteiger partial charge in [0, 0.05) is 6.54 Å². The van der Waals surface area contributed by atoms with Crippen LogP contribution < -0.4 is 11.1 Å². The summed E-state index contributed by atoms with van der Waals surface area (Å²) >= 11 is 1.77. The second-order valence-electron chi connectivity index (χ2n) is 3.22. The van der Waals surface area contributed by atoms with Gasteiger partial charge in [0.05, 0.1) is 6.61 Å². The molecule has 94 valence electrons. The summed E-state index contributed by atoms with van der Waals surface area (Å²) in [6.45, 7) is 2.45. The standard InChI is InChI=1S/C10H20N2O3S/c1-3-15-10(14)8(11)9(13)12-6-4-5-7-16-2/h8H,3-7,11H2,1-2H3,(H,12,13). The molecule has 16 heavy (non-hydrogen) atoms. The van der Waals surface area contributed by atoms with Crippen LogP contribution in [0.1, 0.15) is 19.8 Å². The van der Waals surface area contributed by atoms with Crippen molar-refractivity contribution in [1.29, 1.82) is 0 Å². The van der Waals surface area contributed by atoms with Gasteiger partial charge in [-0.1, -0.05) is 0 Å². The van der Waals surface area contributed by atoms with Crippen LogP contribution in [0.25, 0.3) is 0 Å². The Balaban J connectivity index is 3.67. The van der Waals surface area contributed by atoms with Crippen molar-refractivity contribution in [3.8, 4) is 0 Å². The Morgan fingerprint density at radius 1 is 1.44 bits per heavy atom. The topological polar surface area (TPSA) is 81.4 Å². The van der Waals surface area contributed by atoms with Gasteiger partial charge in [-0.15, -0.1) is 0 Å². The molecule has 0 aliphatic rings. The van der Waals surface area contributed by atoms with E-state index < -0.39 is 17.9 Å². The van der Waals surface area contributed by atoms with Gasteiger partial charge >= 0.3 is 5.97 Å². The van der Waals surface area contributed by atoms with Crippen molar-refractivity contribution in [3.05, 3.63) is 0 Å². The molecule has 0 saturated carbocycles. The van der Waals surface area contributed by atoms with Crippen molar-refractivity contribution >= 4 is 23.6 Å². The first-order valence-electron chi connectivity index (χ1n) is 5.32. The van der Waals surface area contributed by atoms with E-state index in [-0.39, 0.29) is 6.61 Å². The highest BCUT2D eigenvalue weighted by molar-refractivity contribution is 7.98. The molecular formula is C10H20N2O3S.